The second-order valence-corrected chi connectivity index (χ2v) is 7.48. The highest BCUT2D eigenvalue weighted by Gasteiger charge is 2.28. The molecule has 4 nitrogen and oxygen atoms in total. The third-order valence-corrected chi connectivity index (χ3v) is 5.53. The van der Waals surface area contributed by atoms with Gasteiger partial charge in [-0.15, -0.1) is 0 Å². The van der Waals surface area contributed by atoms with Gasteiger partial charge in [0, 0.05) is 30.1 Å². The lowest BCUT2D eigenvalue weighted by Gasteiger charge is -2.31. The van der Waals surface area contributed by atoms with Crippen LogP contribution in [-0.4, -0.2) is 36.3 Å². The van der Waals surface area contributed by atoms with Crippen molar-refractivity contribution in [1.82, 2.24) is 10.2 Å². The molecule has 1 aliphatic rings. The van der Waals surface area contributed by atoms with E-state index >= 15 is 0 Å². The number of fused-ring (bicyclic) bond motifs is 1. The molecule has 3 aromatic rings. The van der Waals surface area contributed by atoms with Crippen LogP contribution in [-0.2, 0) is 4.79 Å². The fraction of sp³-hybridized carbons (Fsp3) is 0.231. The summed E-state index contributed by atoms with van der Waals surface area (Å²) >= 11 is 0. The first kappa shape index (κ1) is 19.7. The van der Waals surface area contributed by atoms with E-state index in [-0.39, 0.29) is 17.7 Å². The minimum absolute atomic E-state index is 0.0228. The van der Waals surface area contributed by atoms with Gasteiger partial charge in [-0.05, 0) is 41.8 Å². The SMILES string of the molecule is O=C(NCC#Cc1ccccc1)C1CCN(C(=O)c2cccc3ccccc23)CC1. The highest BCUT2D eigenvalue weighted by Crippen LogP contribution is 2.23. The summed E-state index contributed by atoms with van der Waals surface area (Å²) in [6, 6.07) is 23.5. The Morgan fingerprint density at radius 2 is 1.60 bits per heavy atom. The Bertz CT molecular complexity index is 1100. The van der Waals surface area contributed by atoms with Gasteiger partial charge in [-0.2, -0.15) is 0 Å². The zero-order chi connectivity index (χ0) is 20.8. The monoisotopic (exact) mass is 396 g/mol. The van der Waals surface area contributed by atoms with Crippen molar-refractivity contribution < 1.29 is 9.59 Å². The van der Waals surface area contributed by atoms with Crippen molar-refractivity contribution in [2.75, 3.05) is 19.6 Å². The second-order valence-electron chi connectivity index (χ2n) is 7.48. The molecule has 1 fully saturated rings. The van der Waals surface area contributed by atoms with E-state index in [4.69, 9.17) is 0 Å². The highest BCUT2D eigenvalue weighted by atomic mass is 16.2. The molecule has 0 spiro atoms. The summed E-state index contributed by atoms with van der Waals surface area (Å²) in [6.45, 7) is 1.52. The van der Waals surface area contributed by atoms with Crippen LogP contribution in [0, 0.1) is 17.8 Å². The van der Waals surface area contributed by atoms with Crippen molar-refractivity contribution in [3.05, 3.63) is 83.9 Å². The molecule has 0 aliphatic carbocycles. The summed E-state index contributed by atoms with van der Waals surface area (Å²) in [6.07, 6.45) is 1.35. The maximum absolute atomic E-state index is 13.0. The van der Waals surface area contributed by atoms with E-state index in [1.54, 1.807) is 0 Å². The largest absolute Gasteiger partial charge is 0.345 e. The number of carbonyl (C=O) groups excluding carboxylic acids is 2. The third-order valence-electron chi connectivity index (χ3n) is 5.53. The van der Waals surface area contributed by atoms with Gasteiger partial charge < -0.3 is 10.2 Å². The Kier molecular flexibility index (Phi) is 6.10. The van der Waals surface area contributed by atoms with Crippen LogP contribution >= 0.6 is 0 Å². The van der Waals surface area contributed by atoms with Crippen LogP contribution in [0.3, 0.4) is 0 Å². The van der Waals surface area contributed by atoms with Crippen LogP contribution in [0.15, 0.2) is 72.8 Å². The average molecular weight is 396 g/mol. The molecule has 1 saturated heterocycles. The number of benzene rings is 3. The standard InChI is InChI=1S/C26H24N2O2/c29-25(27-17-7-10-20-8-2-1-3-9-20)22-15-18-28(19-16-22)26(30)24-14-6-12-21-11-4-5-13-23(21)24/h1-6,8-9,11-14,22H,15-19H2,(H,27,29). The van der Waals surface area contributed by atoms with Gasteiger partial charge in [0.15, 0.2) is 0 Å². The molecule has 30 heavy (non-hydrogen) atoms. The molecular weight excluding hydrogens is 372 g/mol. The minimum Gasteiger partial charge on any atom is -0.345 e. The highest BCUT2D eigenvalue weighted by molar-refractivity contribution is 6.07. The summed E-state index contributed by atoms with van der Waals surface area (Å²) in [5.74, 6) is 6.03. The van der Waals surface area contributed by atoms with Crippen molar-refractivity contribution >= 4 is 22.6 Å². The first-order valence-corrected chi connectivity index (χ1v) is 10.3. The molecule has 0 unspecified atom stereocenters. The van der Waals surface area contributed by atoms with Crippen LogP contribution < -0.4 is 5.32 Å². The molecule has 0 saturated carbocycles. The molecule has 3 aromatic carbocycles. The zero-order valence-electron chi connectivity index (χ0n) is 16.8. The van der Waals surface area contributed by atoms with Gasteiger partial charge in [0.05, 0.1) is 6.54 Å². The lowest BCUT2D eigenvalue weighted by molar-refractivity contribution is -0.126. The Morgan fingerprint density at radius 1 is 0.900 bits per heavy atom. The van der Waals surface area contributed by atoms with Crippen molar-refractivity contribution in [2.45, 2.75) is 12.8 Å². The number of rotatable bonds is 3. The summed E-state index contributed by atoms with van der Waals surface area (Å²) in [7, 11) is 0. The third kappa shape index (κ3) is 4.52. The van der Waals surface area contributed by atoms with Gasteiger partial charge in [0.1, 0.15) is 0 Å². The predicted octanol–water partition coefficient (Wildman–Crippen LogP) is 3.86. The summed E-state index contributed by atoms with van der Waals surface area (Å²) in [4.78, 5) is 27.4. The molecule has 0 radical (unpaired) electrons. The molecule has 1 heterocycles. The molecule has 1 N–H and O–H groups in total. The van der Waals surface area contributed by atoms with Crippen LogP contribution in [0.25, 0.3) is 10.8 Å². The van der Waals surface area contributed by atoms with E-state index in [1.807, 2.05) is 77.7 Å². The van der Waals surface area contributed by atoms with Gasteiger partial charge >= 0.3 is 0 Å². The fourth-order valence-electron chi connectivity index (χ4n) is 3.87. The maximum atomic E-state index is 13.0. The Hall–Kier alpha value is -3.58. The number of amides is 2. The van der Waals surface area contributed by atoms with Crippen LogP contribution in [0.5, 0.6) is 0 Å². The topological polar surface area (TPSA) is 49.4 Å². The fourth-order valence-corrected chi connectivity index (χ4v) is 3.87. The lowest BCUT2D eigenvalue weighted by atomic mass is 9.95. The van der Waals surface area contributed by atoms with E-state index in [1.165, 1.54) is 0 Å². The summed E-state index contributed by atoms with van der Waals surface area (Å²) in [5, 5.41) is 4.94. The number of nitrogens with zero attached hydrogens (tertiary/aromatic N) is 1. The first-order valence-electron chi connectivity index (χ1n) is 10.3. The van der Waals surface area contributed by atoms with Crippen molar-refractivity contribution in [3.63, 3.8) is 0 Å². The quantitative estimate of drug-likeness (QED) is 0.684. The van der Waals surface area contributed by atoms with Crippen LogP contribution in [0.1, 0.15) is 28.8 Å². The summed E-state index contributed by atoms with van der Waals surface area (Å²) in [5.41, 5.74) is 1.67. The molecule has 4 heteroatoms. The molecule has 4 rings (SSSR count). The Morgan fingerprint density at radius 3 is 2.40 bits per heavy atom. The number of likely N-dealkylation sites (tertiary alicyclic amines) is 1. The van der Waals surface area contributed by atoms with E-state index < -0.39 is 0 Å². The maximum Gasteiger partial charge on any atom is 0.254 e. The van der Waals surface area contributed by atoms with Crippen molar-refractivity contribution in [3.8, 4) is 11.8 Å². The van der Waals surface area contributed by atoms with Gasteiger partial charge in [0.2, 0.25) is 5.91 Å². The number of hydrogen-bond acceptors (Lipinski definition) is 2. The normalized spacial score (nSPS) is 14.1. The van der Waals surface area contributed by atoms with E-state index in [9.17, 15) is 9.59 Å². The summed E-state index contributed by atoms with van der Waals surface area (Å²) < 4.78 is 0. The minimum atomic E-state index is -0.0694. The molecule has 2 amide bonds. The number of nitrogens with one attached hydrogen (secondary N) is 1. The molecule has 0 aromatic heterocycles. The molecule has 0 bridgehead atoms. The number of hydrogen-bond donors (Lipinski definition) is 1. The number of piperidine rings is 1. The van der Waals surface area contributed by atoms with Crippen molar-refractivity contribution in [2.24, 2.45) is 5.92 Å². The Balaban J connectivity index is 1.31. The number of carbonyl (C=O) groups is 2. The van der Waals surface area contributed by atoms with Gasteiger partial charge in [-0.25, -0.2) is 0 Å². The van der Waals surface area contributed by atoms with Gasteiger partial charge in [-0.1, -0.05) is 66.4 Å². The predicted molar refractivity (Wildman–Crippen MR) is 119 cm³/mol. The van der Waals surface area contributed by atoms with E-state index in [0.717, 1.165) is 21.9 Å². The van der Waals surface area contributed by atoms with Gasteiger partial charge in [0.25, 0.3) is 5.91 Å². The lowest BCUT2D eigenvalue weighted by Crippen LogP contribution is -2.43. The second kappa shape index (κ2) is 9.28. The van der Waals surface area contributed by atoms with Crippen LogP contribution in [0.2, 0.25) is 0 Å². The molecular formula is C26H24N2O2. The smallest absolute Gasteiger partial charge is 0.254 e. The average Bonchev–Trinajstić information content (AvgIpc) is 2.81. The molecule has 1 aliphatic heterocycles. The Labute approximate surface area is 176 Å². The zero-order valence-corrected chi connectivity index (χ0v) is 16.8. The van der Waals surface area contributed by atoms with E-state index in [0.29, 0.717) is 32.5 Å². The van der Waals surface area contributed by atoms with Gasteiger partial charge in [-0.3, -0.25) is 9.59 Å². The van der Waals surface area contributed by atoms with E-state index in [2.05, 4.69) is 17.2 Å². The van der Waals surface area contributed by atoms with Crippen molar-refractivity contribution in [1.29, 1.82) is 0 Å². The molecule has 150 valence electrons. The van der Waals surface area contributed by atoms with Crippen LogP contribution in [0.4, 0.5) is 0 Å². The molecule has 0 atom stereocenters. The first-order chi connectivity index (χ1) is 14.7.